The number of likely N-dealkylation sites (tertiary alicyclic amines) is 1. The molecule has 0 bridgehead atoms. The molecule has 1 aliphatic rings. The van der Waals surface area contributed by atoms with Gasteiger partial charge in [0, 0.05) is 30.6 Å². The van der Waals surface area contributed by atoms with Crippen LogP contribution >= 0.6 is 11.6 Å². The molecular formula is C17H21ClN2O4. The van der Waals surface area contributed by atoms with Gasteiger partial charge in [0.15, 0.2) is 6.61 Å². The van der Waals surface area contributed by atoms with Crippen LogP contribution in [0.2, 0.25) is 5.02 Å². The fourth-order valence-electron chi connectivity index (χ4n) is 2.53. The van der Waals surface area contributed by atoms with Crippen molar-refractivity contribution < 1.29 is 19.1 Å². The molecule has 0 aliphatic carbocycles. The average Bonchev–Trinajstić information content (AvgIpc) is 2.88. The molecule has 1 fully saturated rings. The van der Waals surface area contributed by atoms with Crippen molar-refractivity contribution in [2.45, 2.75) is 32.9 Å². The number of rotatable bonds is 6. The lowest BCUT2D eigenvalue weighted by molar-refractivity contribution is -0.152. The minimum Gasteiger partial charge on any atom is -0.455 e. The quantitative estimate of drug-likeness (QED) is 0.791. The van der Waals surface area contributed by atoms with Gasteiger partial charge in [0.2, 0.25) is 5.91 Å². The normalized spacial score (nSPS) is 17.2. The maximum absolute atomic E-state index is 12.1. The smallest absolute Gasteiger partial charge is 0.311 e. The lowest BCUT2D eigenvalue weighted by Crippen LogP contribution is -2.35. The summed E-state index contributed by atoms with van der Waals surface area (Å²) in [6, 6.07) is 7.25. The molecule has 0 aromatic heterocycles. The molecular weight excluding hydrogens is 332 g/mol. The summed E-state index contributed by atoms with van der Waals surface area (Å²) in [5.74, 6) is -1.55. The van der Waals surface area contributed by atoms with Crippen molar-refractivity contribution in [2.24, 2.45) is 5.92 Å². The summed E-state index contributed by atoms with van der Waals surface area (Å²) in [4.78, 5) is 37.2. The average molecular weight is 353 g/mol. The second-order valence-electron chi connectivity index (χ2n) is 6.10. The summed E-state index contributed by atoms with van der Waals surface area (Å²) < 4.78 is 5.00. The van der Waals surface area contributed by atoms with Crippen LogP contribution < -0.4 is 5.32 Å². The molecule has 1 aromatic carbocycles. The molecule has 2 rings (SSSR count). The minimum absolute atomic E-state index is 0.0182. The Kier molecular flexibility index (Phi) is 6.20. The van der Waals surface area contributed by atoms with Crippen LogP contribution in [0.25, 0.3) is 0 Å². The monoisotopic (exact) mass is 352 g/mol. The summed E-state index contributed by atoms with van der Waals surface area (Å²) in [7, 11) is 0. The Balaban J connectivity index is 1.86. The number of halogens is 1. The van der Waals surface area contributed by atoms with Gasteiger partial charge in [-0.2, -0.15) is 0 Å². The standard InChI is InChI=1S/C17H21ClN2O4/c1-11(2)19-15(21)10-24-17(23)13-7-16(22)20(9-13)8-12-5-3-4-6-14(12)18/h3-6,11,13H,7-10H2,1-2H3,(H,19,21)/t13-/m0/s1. The van der Waals surface area contributed by atoms with Crippen LogP contribution in [-0.2, 0) is 25.7 Å². The van der Waals surface area contributed by atoms with E-state index in [-0.39, 0.29) is 37.4 Å². The van der Waals surface area contributed by atoms with E-state index in [1.807, 2.05) is 32.0 Å². The van der Waals surface area contributed by atoms with Crippen molar-refractivity contribution in [3.05, 3.63) is 34.9 Å². The van der Waals surface area contributed by atoms with Gasteiger partial charge in [0.25, 0.3) is 5.91 Å². The number of ether oxygens (including phenoxy) is 1. The minimum atomic E-state index is -0.549. The Morgan fingerprint density at radius 2 is 2.08 bits per heavy atom. The van der Waals surface area contributed by atoms with Crippen LogP contribution in [0.4, 0.5) is 0 Å². The Labute approximate surface area is 146 Å². The summed E-state index contributed by atoms with van der Waals surface area (Å²) >= 11 is 6.10. The molecule has 1 saturated heterocycles. The molecule has 24 heavy (non-hydrogen) atoms. The Morgan fingerprint density at radius 1 is 1.38 bits per heavy atom. The predicted molar refractivity (Wildman–Crippen MR) is 89.2 cm³/mol. The fraction of sp³-hybridized carbons (Fsp3) is 0.471. The SMILES string of the molecule is CC(C)NC(=O)COC(=O)[C@H]1CC(=O)N(Cc2ccccc2Cl)C1. The lowest BCUT2D eigenvalue weighted by Gasteiger charge is -2.17. The molecule has 1 aromatic rings. The van der Waals surface area contributed by atoms with Gasteiger partial charge in [-0.15, -0.1) is 0 Å². The summed E-state index contributed by atoms with van der Waals surface area (Å²) in [5.41, 5.74) is 0.831. The molecule has 0 spiro atoms. The third-order valence-corrected chi connectivity index (χ3v) is 4.03. The molecule has 7 heteroatoms. The summed E-state index contributed by atoms with van der Waals surface area (Å²) in [6.45, 7) is 3.95. The molecule has 1 aliphatic heterocycles. The van der Waals surface area contributed by atoms with E-state index in [1.54, 1.807) is 11.0 Å². The van der Waals surface area contributed by atoms with Crippen LogP contribution in [-0.4, -0.2) is 41.9 Å². The summed E-state index contributed by atoms with van der Waals surface area (Å²) in [5, 5.41) is 3.22. The van der Waals surface area contributed by atoms with E-state index in [9.17, 15) is 14.4 Å². The van der Waals surface area contributed by atoms with E-state index >= 15 is 0 Å². The maximum atomic E-state index is 12.1. The topological polar surface area (TPSA) is 75.7 Å². The maximum Gasteiger partial charge on any atom is 0.311 e. The number of hydrogen-bond acceptors (Lipinski definition) is 4. The number of carbonyl (C=O) groups is 3. The number of amides is 2. The number of nitrogens with zero attached hydrogens (tertiary/aromatic N) is 1. The molecule has 0 saturated carbocycles. The first-order chi connectivity index (χ1) is 11.4. The first kappa shape index (κ1) is 18.3. The van der Waals surface area contributed by atoms with Crippen LogP contribution in [0, 0.1) is 5.92 Å². The highest BCUT2D eigenvalue weighted by Gasteiger charge is 2.35. The molecule has 2 amide bonds. The molecule has 1 heterocycles. The van der Waals surface area contributed by atoms with Gasteiger partial charge in [0.1, 0.15) is 0 Å². The van der Waals surface area contributed by atoms with Gasteiger partial charge in [-0.05, 0) is 25.5 Å². The van der Waals surface area contributed by atoms with Gasteiger partial charge >= 0.3 is 5.97 Å². The van der Waals surface area contributed by atoms with Crippen LogP contribution in [0.1, 0.15) is 25.8 Å². The van der Waals surface area contributed by atoms with Crippen molar-refractivity contribution in [2.75, 3.05) is 13.2 Å². The highest BCUT2D eigenvalue weighted by molar-refractivity contribution is 6.31. The Morgan fingerprint density at radius 3 is 2.75 bits per heavy atom. The van der Waals surface area contributed by atoms with E-state index in [0.29, 0.717) is 11.6 Å². The van der Waals surface area contributed by atoms with E-state index in [1.165, 1.54) is 0 Å². The van der Waals surface area contributed by atoms with Crippen LogP contribution in [0.3, 0.4) is 0 Å². The molecule has 0 unspecified atom stereocenters. The molecule has 1 atom stereocenters. The van der Waals surface area contributed by atoms with E-state index < -0.39 is 11.9 Å². The van der Waals surface area contributed by atoms with E-state index in [4.69, 9.17) is 16.3 Å². The highest BCUT2D eigenvalue weighted by Crippen LogP contribution is 2.24. The number of benzene rings is 1. The number of nitrogens with one attached hydrogen (secondary N) is 1. The highest BCUT2D eigenvalue weighted by atomic mass is 35.5. The first-order valence-corrected chi connectivity index (χ1v) is 8.21. The Bertz CT molecular complexity index is 633. The number of carbonyl (C=O) groups excluding carboxylic acids is 3. The van der Waals surface area contributed by atoms with Gasteiger partial charge in [-0.3, -0.25) is 14.4 Å². The zero-order chi connectivity index (χ0) is 17.7. The summed E-state index contributed by atoms with van der Waals surface area (Å²) in [6.07, 6.45) is 0.0923. The van der Waals surface area contributed by atoms with Crippen molar-refractivity contribution >= 4 is 29.4 Å². The van der Waals surface area contributed by atoms with Gasteiger partial charge in [-0.25, -0.2) is 0 Å². The first-order valence-electron chi connectivity index (χ1n) is 7.84. The van der Waals surface area contributed by atoms with E-state index in [0.717, 1.165) is 5.56 Å². The molecule has 0 radical (unpaired) electrons. The third-order valence-electron chi connectivity index (χ3n) is 3.66. The van der Waals surface area contributed by atoms with Crippen molar-refractivity contribution in [1.29, 1.82) is 0 Å². The number of esters is 1. The Hall–Kier alpha value is -2.08. The van der Waals surface area contributed by atoms with Crippen LogP contribution in [0.5, 0.6) is 0 Å². The largest absolute Gasteiger partial charge is 0.455 e. The van der Waals surface area contributed by atoms with E-state index in [2.05, 4.69) is 5.32 Å². The second-order valence-corrected chi connectivity index (χ2v) is 6.50. The van der Waals surface area contributed by atoms with Crippen LogP contribution in [0.15, 0.2) is 24.3 Å². The zero-order valence-corrected chi connectivity index (χ0v) is 14.5. The second kappa shape index (κ2) is 8.15. The van der Waals surface area contributed by atoms with Crippen molar-refractivity contribution in [1.82, 2.24) is 10.2 Å². The molecule has 130 valence electrons. The van der Waals surface area contributed by atoms with Crippen molar-refractivity contribution in [3.8, 4) is 0 Å². The van der Waals surface area contributed by atoms with Gasteiger partial charge in [-0.1, -0.05) is 29.8 Å². The zero-order valence-electron chi connectivity index (χ0n) is 13.8. The lowest BCUT2D eigenvalue weighted by atomic mass is 10.1. The van der Waals surface area contributed by atoms with Gasteiger partial charge < -0.3 is 15.0 Å². The fourth-order valence-corrected chi connectivity index (χ4v) is 2.73. The predicted octanol–water partition coefficient (Wildman–Crippen LogP) is 1.76. The third kappa shape index (κ3) is 4.96. The molecule has 6 nitrogen and oxygen atoms in total. The van der Waals surface area contributed by atoms with Gasteiger partial charge in [0.05, 0.1) is 5.92 Å². The van der Waals surface area contributed by atoms with Crippen molar-refractivity contribution in [3.63, 3.8) is 0 Å². The number of hydrogen-bond donors (Lipinski definition) is 1. The molecule has 1 N–H and O–H groups in total.